The molecule has 0 bridgehead atoms. The van der Waals surface area contributed by atoms with E-state index in [0.717, 1.165) is 18.9 Å². The Hall–Kier alpha value is -0.0800. The standard InChI is InChI=1S/C8H18N2/c1-3-6(2)8-7(9)4-5-10-8/h6-8,10H,3-5,9H2,1-2H3/t6-,7?,8-/m0/s1. The first-order valence-electron chi connectivity index (χ1n) is 4.24. The number of rotatable bonds is 2. The van der Waals surface area contributed by atoms with E-state index in [9.17, 15) is 0 Å². The highest BCUT2D eigenvalue weighted by Crippen LogP contribution is 2.15. The summed E-state index contributed by atoms with van der Waals surface area (Å²) in [5, 5.41) is 3.43. The molecule has 0 saturated carbocycles. The van der Waals surface area contributed by atoms with Crippen LogP contribution in [0.15, 0.2) is 0 Å². The predicted octanol–water partition coefficient (Wildman–Crippen LogP) is 0.722. The van der Waals surface area contributed by atoms with Crippen LogP contribution in [0.5, 0.6) is 0 Å². The molecule has 0 aromatic heterocycles. The Morgan fingerprint density at radius 1 is 1.70 bits per heavy atom. The van der Waals surface area contributed by atoms with Gasteiger partial charge in [-0.15, -0.1) is 0 Å². The Kier molecular flexibility index (Phi) is 2.69. The summed E-state index contributed by atoms with van der Waals surface area (Å²) in [6.07, 6.45) is 2.38. The largest absolute Gasteiger partial charge is 0.326 e. The van der Waals surface area contributed by atoms with Gasteiger partial charge in [0, 0.05) is 12.1 Å². The molecule has 0 amide bonds. The van der Waals surface area contributed by atoms with Crippen LogP contribution in [0.4, 0.5) is 0 Å². The summed E-state index contributed by atoms with van der Waals surface area (Å²) in [5.41, 5.74) is 5.89. The van der Waals surface area contributed by atoms with E-state index in [1.165, 1.54) is 6.42 Å². The monoisotopic (exact) mass is 142 g/mol. The topological polar surface area (TPSA) is 38.0 Å². The van der Waals surface area contributed by atoms with Crippen molar-refractivity contribution >= 4 is 0 Å². The van der Waals surface area contributed by atoms with Crippen molar-refractivity contribution < 1.29 is 0 Å². The molecule has 0 radical (unpaired) electrons. The zero-order valence-corrected chi connectivity index (χ0v) is 6.93. The molecule has 1 heterocycles. The van der Waals surface area contributed by atoms with Crippen molar-refractivity contribution in [1.29, 1.82) is 0 Å². The van der Waals surface area contributed by atoms with E-state index in [0.29, 0.717) is 12.1 Å². The third kappa shape index (κ3) is 1.50. The third-order valence-electron chi connectivity index (χ3n) is 2.58. The van der Waals surface area contributed by atoms with Crippen molar-refractivity contribution in [2.75, 3.05) is 6.54 Å². The molecule has 1 aliphatic heterocycles. The highest BCUT2D eigenvalue weighted by Gasteiger charge is 2.26. The van der Waals surface area contributed by atoms with Crippen LogP contribution in [0.25, 0.3) is 0 Å². The van der Waals surface area contributed by atoms with Crippen molar-refractivity contribution in [2.24, 2.45) is 11.7 Å². The summed E-state index contributed by atoms with van der Waals surface area (Å²) in [7, 11) is 0. The van der Waals surface area contributed by atoms with Crippen LogP contribution in [0.2, 0.25) is 0 Å². The van der Waals surface area contributed by atoms with Gasteiger partial charge in [-0.1, -0.05) is 20.3 Å². The van der Waals surface area contributed by atoms with Gasteiger partial charge in [-0.2, -0.15) is 0 Å². The summed E-state index contributed by atoms with van der Waals surface area (Å²) in [5.74, 6) is 0.734. The molecule has 1 rings (SSSR count). The second-order valence-corrected chi connectivity index (χ2v) is 3.32. The van der Waals surface area contributed by atoms with Crippen LogP contribution in [-0.2, 0) is 0 Å². The normalized spacial score (nSPS) is 36.3. The number of hydrogen-bond donors (Lipinski definition) is 2. The summed E-state index contributed by atoms with van der Waals surface area (Å²) in [6.45, 7) is 5.59. The molecule has 1 unspecified atom stereocenters. The lowest BCUT2D eigenvalue weighted by molar-refractivity contribution is 0.379. The van der Waals surface area contributed by atoms with Gasteiger partial charge in [-0.25, -0.2) is 0 Å². The smallest absolute Gasteiger partial charge is 0.0245 e. The second kappa shape index (κ2) is 3.35. The average molecular weight is 142 g/mol. The van der Waals surface area contributed by atoms with Crippen LogP contribution >= 0.6 is 0 Å². The van der Waals surface area contributed by atoms with Crippen LogP contribution in [-0.4, -0.2) is 18.6 Å². The van der Waals surface area contributed by atoms with E-state index in [4.69, 9.17) is 5.73 Å². The van der Waals surface area contributed by atoms with Gasteiger partial charge in [-0.05, 0) is 18.9 Å². The first-order valence-corrected chi connectivity index (χ1v) is 4.24. The van der Waals surface area contributed by atoms with Gasteiger partial charge in [0.05, 0.1) is 0 Å². The maximum atomic E-state index is 5.89. The van der Waals surface area contributed by atoms with E-state index < -0.39 is 0 Å². The Labute approximate surface area is 63.2 Å². The van der Waals surface area contributed by atoms with Crippen LogP contribution in [0.3, 0.4) is 0 Å². The molecule has 1 saturated heterocycles. The summed E-state index contributed by atoms with van der Waals surface area (Å²) >= 11 is 0. The second-order valence-electron chi connectivity index (χ2n) is 3.32. The number of nitrogens with one attached hydrogen (secondary N) is 1. The Morgan fingerprint density at radius 2 is 2.40 bits per heavy atom. The van der Waals surface area contributed by atoms with Crippen molar-refractivity contribution in [3.05, 3.63) is 0 Å². The zero-order chi connectivity index (χ0) is 7.56. The van der Waals surface area contributed by atoms with E-state index in [1.54, 1.807) is 0 Å². The SMILES string of the molecule is CC[C@H](C)[C@@H]1NCCC1N. The Morgan fingerprint density at radius 3 is 2.80 bits per heavy atom. The lowest BCUT2D eigenvalue weighted by Gasteiger charge is -2.21. The lowest BCUT2D eigenvalue weighted by atomic mass is 9.95. The van der Waals surface area contributed by atoms with Gasteiger partial charge in [0.1, 0.15) is 0 Å². The van der Waals surface area contributed by atoms with Gasteiger partial charge in [0.25, 0.3) is 0 Å². The molecule has 0 aromatic carbocycles. The van der Waals surface area contributed by atoms with Gasteiger partial charge in [-0.3, -0.25) is 0 Å². The van der Waals surface area contributed by atoms with Crippen molar-refractivity contribution in [3.63, 3.8) is 0 Å². The number of hydrogen-bond acceptors (Lipinski definition) is 2. The third-order valence-corrected chi connectivity index (χ3v) is 2.58. The van der Waals surface area contributed by atoms with E-state index in [2.05, 4.69) is 19.2 Å². The first kappa shape index (κ1) is 8.02. The minimum Gasteiger partial charge on any atom is -0.326 e. The van der Waals surface area contributed by atoms with E-state index >= 15 is 0 Å². The average Bonchev–Trinajstić information content (AvgIpc) is 2.34. The zero-order valence-electron chi connectivity index (χ0n) is 6.93. The molecular formula is C8H18N2. The van der Waals surface area contributed by atoms with Gasteiger partial charge in [0.15, 0.2) is 0 Å². The quantitative estimate of drug-likeness (QED) is 0.596. The van der Waals surface area contributed by atoms with Crippen LogP contribution in [0, 0.1) is 5.92 Å². The van der Waals surface area contributed by atoms with Crippen LogP contribution in [0.1, 0.15) is 26.7 Å². The molecule has 1 aliphatic rings. The van der Waals surface area contributed by atoms with E-state index in [-0.39, 0.29) is 0 Å². The molecule has 1 fully saturated rings. The lowest BCUT2D eigenvalue weighted by Crippen LogP contribution is -2.41. The maximum absolute atomic E-state index is 5.89. The fourth-order valence-electron chi connectivity index (χ4n) is 1.62. The molecular weight excluding hydrogens is 124 g/mol. The van der Waals surface area contributed by atoms with Gasteiger partial charge in [0.2, 0.25) is 0 Å². The fourth-order valence-corrected chi connectivity index (χ4v) is 1.62. The summed E-state index contributed by atoms with van der Waals surface area (Å²) < 4.78 is 0. The molecule has 60 valence electrons. The fraction of sp³-hybridized carbons (Fsp3) is 1.00. The Bertz CT molecular complexity index is 103. The molecule has 3 atom stereocenters. The van der Waals surface area contributed by atoms with Crippen molar-refractivity contribution in [1.82, 2.24) is 5.32 Å². The molecule has 0 aromatic rings. The Balaban J connectivity index is 2.38. The molecule has 0 aliphatic carbocycles. The van der Waals surface area contributed by atoms with Crippen molar-refractivity contribution in [3.8, 4) is 0 Å². The van der Waals surface area contributed by atoms with Crippen molar-refractivity contribution in [2.45, 2.75) is 38.8 Å². The molecule has 3 N–H and O–H groups in total. The predicted molar refractivity (Wildman–Crippen MR) is 43.8 cm³/mol. The van der Waals surface area contributed by atoms with Gasteiger partial charge < -0.3 is 11.1 Å². The number of nitrogens with two attached hydrogens (primary N) is 1. The summed E-state index contributed by atoms with van der Waals surface area (Å²) in [4.78, 5) is 0. The van der Waals surface area contributed by atoms with E-state index in [1.807, 2.05) is 0 Å². The minimum absolute atomic E-state index is 0.398. The highest BCUT2D eigenvalue weighted by molar-refractivity contribution is 4.89. The highest BCUT2D eigenvalue weighted by atomic mass is 15.0. The summed E-state index contributed by atoms with van der Waals surface area (Å²) in [6, 6.07) is 0.972. The molecule has 2 heteroatoms. The van der Waals surface area contributed by atoms with Gasteiger partial charge >= 0.3 is 0 Å². The molecule has 10 heavy (non-hydrogen) atoms. The maximum Gasteiger partial charge on any atom is 0.0245 e. The molecule has 2 nitrogen and oxygen atoms in total. The first-order chi connectivity index (χ1) is 4.75. The molecule has 0 spiro atoms. The minimum atomic E-state index is 0.398. The van der Waals surface area contributed by atoms with Crippen LogP contribution < -0.4 is 11.1 Å².